The molecule has 1 aliphatic heterocycles. The maximum Gasteiger partial charge on any atom is 0.237 e. The first-order valence-corrected chi connectivity index (χ1v) is 7.57. The molecule has 3 N–H and O–H groups in total. The van der Waals surface area contributed by atoms with Gasteiger partial charge in [0.2, 0.25) is 11.8 Å². The van der Waals surface area contributed by atoms with Crippen molar-refractivity contribution in [3.05, 3.63) is 35.9 Å². The summed E-state index contributed by atoms with van der Waals surface area (Å²) in [5.41, 5.74) is 1.07. The summed E-state index contributed by atoms with van der Waals surface area (Å²) in [5, 5.41) is 8.86. The summed E-state index contributed by atoms with van der Waals surface area (Å²) in [6.07, 6.45) is 3.41. The van der Waals surface area contributed by atoms with Crippen molar-refractivity contribution < 1.29 is 9.59 Å². The van der Waals surface area contributed by atoms with Gasteiger partial charge < -0.3 is 16.0 Å². The highest BCUT2D eigenvalue weighted by molar-refractivity contribution is 5.82. The molecule has 1 saturated heterocycles. The standard InChI is InChI=1S/C16H23N3O2/c20-15(19-12-13-6-2-1-3-7-13)9-11-18-16(21)14-8-4-5-10-17-14/h1-3,6-7,14,17H,4-5,8-12H2,(H,18,21)(H,19,20). The molecule has 0 saturated carbocycles. The Kier molecular flexibility index (Phi) is 6.22. The van der Waals surface area contributed by atoms with Crippen LogP contribution >= 0.6 is 0 Å². The van der Waals surface area contributed by atoms with Crippen molar-refractivity contribution in [2.45, 2.75) is 38.3 Å². The van der Waals surface area contributed by atoms with Crippen LogP contribution in [0.2, 0.25) is 0 Å². The average Bonchev–Trinajstić information content (AvgIpc) is 2.54. The molecule has 1 aromatic carbocycles. The first kappa shape index (κ1) is 15.5. The van der Waals surface area contributed by atoms with E-state index in [2.05, 4.69) is 16.0 Å². The van der Waals surface area contributed by atoms with Gasteiger partial charge >= 0.3 is 0 Å². The first-order chi connectivity index (χ1) is 10.3. The van der Waals surface area contributed by atoms with E-state index in [9.17, 15) is 9.59 Å². The zero-order valence-electron chi connectivity index (χ0n) is 12.2. The fourth-order valence-electron chi connectivity index (χ4n) is 2.38. The Bertz CT molecular complexity index is 456. The summed E-state index contributed by atoms with van der Waals surface area (Å²) in [6.45, 7) is 1.81. The molecule has 1 unspecified atom stereocenters. The van der Waals surface area contributed by atoms with E-state index in [1.165, 1.54) is 0 Å². The Morgan fingerprint density at radius 3 is 2.67 bits per heavy atom. The van der Waals surface area contributed by atoms with Gasteiger partial charge in [0.15, 0.2) is 0 Å². The van der Waals surface area contributed by atoms with Crippen molar-refractivity contribution in [3.8, 4) is 0 Å². The molecule has 2 amide bonds. The number of amides is 2. The van der Waals surface area contributed by atoms with Crippen LogP contribution in [0, 0.1) is 0 Å². The van der Waals surface area contributed by atoms with Crippen LogP contribution in [0.15, 0.2) is 30.3 Å². The van der Waals surface area contributed by atoms with Crippen LogP contribution < -0.4 is 16.0 Å². The molecular weight excluding hydrogens is 266 g/mol. The van der Waals surface area contributed by atoms with E-state index < -0.39 is 0 Å². The zero-order valence-corrected chi connectivity index (χ0v) is 12.2. The predicted octanol–water partition coefficient (Wildman–Crippen LogP) is 0.951. The van der Waals surface area contributed by atoms with Gasteiger partial charge in [-0.3, -0.25) is 9.59 Å². The molecule has 5 nitrogen and oxygen atoms in total. The Balaban J connectivity index is 1.59. The number of hydrogen-bond acceptors (Lipinski definition) is 3. The van der Waals surface area contributed by atoms with Crippen LogP contribution in [0.4, 0.5) is 0 Å². The van der Waals surface area contributed by atoms with Gasteiger partial charge in [-0.15, -0.1) is 0 Å². The van der Waals surface area contributed by atoms with Crippen molar-refractivity contribution in [2.75, 3.05) is 13.1 Å². The minimum atomic E-state index is -0.0915. The highest BCUT2D eigenvalue weighted by atomic mass is 16.2. The lowest BCUT2D eigenvalue weighted by Crippen LogP contribution is -2.47. The molecule has 0 aliphatic carbocycles. The largest absolute Gasteiger partial charge is 0.354 e. The average molecular weight is 289 g/mol. The van der Waals surface area contributed by atoms with Crippen LogP contribution in [0.1, 0.15) is 31.2 Å². The topological polar surface area (TPSA) is 70.2 Å². The lowest BCUT2D eigenvalue weighted by molar-refractivity contribution is -0.124. The van der Waals surface area contributed by atoms with E-state index in [1.807, 2.05) is 30.3 Å². The van der Waals surface area contributed by atoms with Gasteiger partial charge in [-0.2, -0.15) is 0 Å². The molecular formula is C16H23N3O2. The van der Waals surface area contributed by atoms with Crippen LogP contribution in [0.25, 0.3) is 0 Å². The highest BCUT2D eigenvalue weighted by Gasteiger charge is 2.19. The third-order valence-electron chi connectivity index (χ3n) is 3.61. The third-order valence-corrected chi connectivity index (χ3v) is 3.61. The third kappa shape index (κ3) is 5.55. The van der Waals surface area contributed by atoms with Crippen molar-refractivity contribution in [2.24, 2.45) is 0 Å². The second kappa shape index (κ2) is 8.42. The van der Waals surface area contributed by atoms with E-state index in [1.54, 1.807) is 0 Å². The molecule has 5 heteroatoms. The van der Waals surface area contributed by atoms with Crippen LogP contribution in [0.3, 0.4) is 0 Å². The lowest BCUT2D eigenvalue weighted by Gasteiger charge is -2.22. The lowest BCUT2D eigenvalue weighted by atomic mass is 10.0. The number of rotatable bonds is 6. The molecule has 1 heterocycles. The summed E-state index contributed by atoms with van der Waals surface area (Å²) in [6, 6.07) is 9.68. The van der Waals surface area contributed by atoms with Gasteiger partial charge in [-0.25, -0.2) is 0 Å². The van der Waals surface area contributed by atoms with Crippen molar-refractivity contribution in [1.82, 2.24) is 16.0 Å². The fourth-order valence-corrected chi connectivity index (χ4v) is 2.38. The second-order valence-electron chi connectivity index (χ2n) is 5.31. The molecule has 114 valence electrons. The quantitative estimate of drug-likeness (QED) is 0.730. The maximum atomic E-state index is 11.9. The van der Waals surface area contributed by atoms with Crippen LogP contribution in [-0.4, -0.2) is 30.9 Å². The van der Waals surface area contributed by atoms with Crippen molar-refractivity contribution in [1.29, 1.82) is 0 Å². The van der Waals surface area contributed by atoms with Gasteiger partial charge in [0, 0.05) is 19.5 Å². The number of nitrogens with one attached hydrogen (secondary N) is 3. The Morgan fingerprint density at radius 2 is 1.95 bits per heavy atom. The normalized spacial score (nSPS) is 18.0. The molecule has 2 rings (SSSR count). The van der Waals surface area contributed by atoms with Crippen LogP contribution in [0.5, 0.6) is 0 Å². The molecule has 0 bridgehead atoms. The van der Waals surface area contributed by atoms with E-state index in [4.69, 9.17) is 0 Å². The van der Waals surface area contributed by atoms with Gasteiger partial charge in [0.1, 0.15) is 0 Å². The summed E-state index contributed by atoms with van der Waals surface area (Å²) in [7, 11) is 0. The molecule has 1 fully saturated rings. The molecule has 1 aromatic rings. The highest BCUT2D eigenvalue weighted by Crippen LogP contribution is 2.06. The molecule has 1 atom stereocenters. The van der Waals surface area contributed by atoms with Crippen molar-refractivity contribution in [3.63, 3.8) is 0 Å². The molecule has 0 radical (unpaired) electrons. The second-order valence-corrected chi connectivity index (χ2v) is 5.31. The number of piperidine rings is 1. The van der Waals surface area contributed by atoms with Crippen molar-refractivity contribution >= 4 is 11.8 Å². The van der Waals surface area contributed by atoms with E-state index in [0.717, 1.165) is 31.4 Å². The zero-order chi connectivity index (χ0) is 14.9. The monoisotopic (exact) mass is 289 g/mol. The summed E-state index contributed by atoms with van der Waals surface area (Å²) in [4.78, 5) is 23.5. The number of carbonyl (C=O) groups excluding carboxylic acids is 2. The SMILES string of the molecule is O=C(CCNC(=O)C1CCCCN1)NCc1ccccc1. The molecule has 1 aliphatic rings. The Labute approximate surface area is 125 Å². The van der Waals surface area contributed by atoms with Gasteiger partial charge in [0.25, 0.3) is 0 Å². The fraction of sp³-hybridized carbons (Fsp3) is 0.500. The van der Waals surface area contributed by atoms with Gasteiger partial charge in [0.05, 0.1) is 6.04 Å². The molecule has 0 aromatic heterocycles. The summed E-state index contributed by atoms with van der Waals surface area (Å²) < 4.78 is 0. The number of hydrogen-bond donors (Lipinski definition) is 3. The van der Waals surface area contributed by atoms with Gasteiger partial charge in [-0.1, -0.05) is 36.8 Å². The Hall–Kier alpha value is -1.88. The smallest absolute Gasteiger partial charge is 0.237 e. The first-order valence-electron chi connectivity index (χ1n) is 7.57. The molecule has 0 spiro atoms. The minimum Gasteiger partial charge on any atom is -0.354 e. The van der Waals surface area contributed by atoms with Crippen LogP contribution in [-0.2, 0) is 16.1 Å². The van der Waals surface area contributed by atoms with E-state index >= 15 is 0 Å². The minimum absolute atomic E-state index is 0.00515. The maximum absolute atomic E-state index is 11.9. The molecule has 21 heavy (non-hydrogen) atoms. The number of benzene rings is 1. The summed E-state index contributed by atoms with van der Waals surface area (Å²) in [5.74, 6) is -0.0404. The van der Waals surface area contributed by atoms with Gasteiger partial charge in [-0.05, 0) is 24.9 Å². The van der Waals surface area contributed by atoms with E-state index in [0.29, 0.717) is 19.5 Å². The predicted molar refractivity (Wildman–Crippen MR) is 81.6 cm³/mol. The Morgan fingerprint density at radius 1 is 1.14 bits per heavy atom. The van der Waals surface area contributed by atoms with E-state index in [-0.39, 0.29) is 17.9 Å². The summed E-state index contributed by atoms with van der Waals surface area (Å²) >= 11 is 0. The number of carbonyl (C=O) groups is 2.